The summed E-state index contributed by atoms with van der Waals surface area (Å²) in [5.74, 6) is -1.70. The van der Waals surface area contributed by atoms with Crippen molar-refractivity contribution in [2.45, 2.75) is 0 Å². The first-order valence-electron chi connectivity index (χ1n) is 7.37. The van der Waals surface area contributed by atoms with Crippen molar-refractivity contribution in [2.75, 3.05) is 12.0 Å². The van der Waals surface area contributed by atoms with E-state index in [1.165, 1.54) is 11.0 Å². The van der Waals surface area contributed by atoms with E-state index in [-0.39, 0.29) is 15.9 Å². The number of hydrogen-bond donors (Lipinski definition) is 1. The van der Waals surface area contributed by atoms with Crippen molar-refractivity contribution in [1.82, 2.24) is 0 Å². The molecule has 2 aromatic carbocycles. The number of aromatic carboxylic acids is 1. The van der Waals surface area contributed by atoms with E-state index in [1.807, 2.05) is 6.07 Å². The molecule has 1 aliphatic heterocycles. The molecular formula is C18H12NO5S2-. The van der Waals surface area contributed by atoms with Gasteiger partial charge in [-0.3, -0.25) is 9.69 Å². The van der Waals surface area contributed by atoms with Crippen LogP contribution >= 0.6 is 24.0 Å². The molecular weight excluding hydrogens is 374 g/mol. The first kappa shape index (κ1) is 18.0. The first-order valence-corrected chi connectivity index (χ1v) is 8.59. The number of ether oxygens (including phenoxy) is 1. The van der Waals surface area contributed by atoms with Gasteiger partial charge in [-0.15, -0.1) is 0 Å². The minimum absolute atomic E-state index is 0.249. The Labute approximate surface area is 158 Å². The van der Waals surface area contributed by atoms with Crippen LogP contribution < -0.4 is 14.7 Å². The molecule has 132 valence electrons. The predicted octanol–water partition coefficient (Wildman–Crippen LogP) is 2.87. The summed E-state index contributed by atoms with van der Waals surface area (Å²) in [7, 11) is 1.55. The topological polar surface area (TPSA) is 89.9 Å². The van der Waals surface area contributed by atoms with Gasteiger partial charge < -0.3 is 14.9 Å². The fraction of sp³-hybridized carbons (Fsp3) is 0.0556. The quantitative estimate of drug-likeness (QED) is 0.638. The molecule has 0 unspecified atom stereocenters. The van der Waals surface area contributed by atoms with E-state index in [0.29, 0.717) is 10.7 Å². The van der Waals surface area contributed by atoms with Gasteiger partial charge in [0.25, 0.3) is 5.91 Å². The number of hydrogen-bond acceptors (Lipinski definition) is 6. The fourth-order valence-electron chi connectivity index (χ4n) is 2.40. The number of thioether (sulfide) groups is 1. The lowest BCUT2D eigenvalue weighted by atomic mass is 10.1. The van der Waals surface area contributed by atoms with E-state index in [2.05, 4.69) is 0 Å². The van der Waals surface area contributed by atoms with Crippen molar-refractivity contribution >= 4 is 51.9 Å². The number of carbonyl (C=O) groups is 2. The molecule has 1 heterocycles. The molecule has 1 amide bonds. The number of benzene rings is 2. The Bertz CT molecular complexity index is 954. The normalized spacial score (nSPS) is 15.6. The van der Waals surface area contributed by atoms with E-state index in [9.17, 15) is 14.7 Å². The highest BCUT2D eigenvalue weighted by Gasteiger charge is 2.33. The Morgan fingerprint density at radius 3 is 2.77 bits per heavy atom. The van der Waals surface area contributed by atoms with Crippen LogP contribution in [0.1, 0.15) is 15.9 Å². The maximum absolute atomic E-state index is 12.7. The van der Waals surface area contributed by atoms with Gasteiger partial charge in [0.15, 0.2) is 4.32 Å². The van der Waals surface area contributed by atoms with Gasteiger partial charge in [0, 0.05) is 0 Å². The SMILES string of the molecule is COc1cccc(/C=C2\SC(=S)N(c3ccc([O-])c(C(=O)O)c3)C2=O)c1. The Morgan fingerprint density at radius 2 is 2.08 bits per heavy atom. The second-order valence-corrected chi connectivity index (χ2v) is 6.96. The van der Waals surface area contributed by atoms with Crippen LogP contribution in [0.4, 0.5) is 5.69 Å². The highest BCUT2D eigenvalue weighted by atomic mass is 32.2. The number of carboxylic acid groups (broad SMARTS) is 1. The van der Waals surface area contributed by atoms with Crippen LogP contribution in [0, 0.1) is 0 Å². The summed E-state index contributed by atoms with van der Waals surface area (Å²) in [5.41, 5.74) is 0.609. The van der Waals surface area contributed by atoms with Gasteiger partial charge in [0.05, 0.1) is 23.3 Å². The Hall–Kier alpha value is -2.84. The number of carboxylic acids is 1. The lowest BCUT2D eigenvalue weighted by Crippen LogP contribution is -2.27. The highest BCUT2D eigenvalue weighted by Crippen LogP contribution is 2.37. The van der Waals surface area contributed by atoms with Crippen LogP contribution in [0.5, 0.6) is 11.5 Å². The summed E-state index contributed by atoms with van der Waals surface area (Å²) >= 11 is 6.37. The third-order valence-electron chi connectivity index (χ3n) is 3.64. The number of carbonyl (C=O) groups excluding carboxylic acids is 1. The molecule has 8 heteroatoms. The van der Waals surface area contributed by atoms with Gasteiger partial charge in [-0.2, -0.15) is 0 Å². The Kier molecular flexibility index (Phi) is 4.97. The van der Waals surface area contributed by atoms with Crippen molar-refractivity contribution in [3.63, 3.8) is 0 Å². The van der Waals surface area contributed by atoms with Crippen LogP contribution in [0.25, 0.3) is 6.08 Å². The van der Waals surface area contributed by atoms with Gasteiger partial charge >= 0.3 is 5.97 Å². The van der Waals surface area contributed by atoms with Gasteiger partial charge in [0.2, 0.25) is 0 Å². The van der Waals surface area contributed by atoms with Crippen LogP contribution in [0.15, 0.2) is 47.4 Å². The van der Waals surface area contributed by atoms with Crippen molar-refractivity contribution in [1.29, 1.82) is 0 Å². The third kappa shape index (κ3) is 3.42. The highest BCUT2D eigenvalue weighted by molar-refractivity contribution is 8.27. The molecule has 0 bridgehead atoms. The standard InChI is InChI=1S/C18H13NO5S2/c1-24-12-4-2-3-10(7-12)8-15-16(21)19(18(25)26-15)11-5-6-14(20)13(9-11)17(22)23/h2-9,20H,1H3,(H,22,23)/p-1/b15-8-. The maximum atomic E-state index is 12.7. The lowest BCUT2D eigenvalue weighted by Gasteiger charge is -2.18. The molecule has 0 aliphatic carbocycles. The zero-order chi connectivity index (χ0) is 18.8. The van der Waals surface area contributed by atoms with Crippen LogP contribution in [-0.4, -0.2) is 28.4 Å². The second-order valence-electron chi connectivity index (χ2n) is 5.28. The summed E-state index contributed by atoms with van der Waals surface area (Å²) in [6.45, 7) is 0. The fourth-order valence-corrected chi connectivity index (χ4v) is 3.70. The van der Waals surface area contributed by atoms with Gasteiger partial charge in [0.1, 0.15) is 5.75 Å². The largest absolute Gasteiger partial charge is 0.872 e. The van der Waals surface area contributed by atoms with Crippen molar-refractivity contribution in [2.24, 2.45) is 0 Å². The molecule has 0 atom stereocenters. The van der Waals surface area contributed by atoms with E-state index >= 15 is 0 Å². The van der Waals surface area contributed by atoms with E-state index in [0.717, 1.165) is 29.5 Å². The van der Waals surface area contributed by atoms with Gasteiger partial charge in [-0.25, -0.2) is 4.79 Å². The average molecular weight is 386 g/mol. The summed E-state index contributed by atoms with van der Waals surface area (Å²) < 4.78 is 5.43. The first-order chi connectivity index (χ1) is 12.4. The molecule has 2 aromatic rings. The summed E-state index contributed by atoms with van der Waals surface area (Å²) in [6.07, 6.45) is 1.68. The van der Waals surface area contributed by atoms with Gasteiger partial charge in [-0.05, 0) is 35.9 Å². The zero-order valence-corrected chi connectivity index (χ0v) is 15.1. The van der Waals surface area contributed by atoms with Gasteiger partial charge in [-0.1, -0.05) is 47.9 Å². The lowest BCUT2D eigenvalue weighted by molar-refractivity contribution is -0.268. The van der Waals surface area contributed by atoms with Crippen LogP contribution in [-0.2, 0) is 4.79 Å². The number of nitrogens with zero attached hydrogens (tertiary/aromatic N) is 1. The van der Waals surface area contributed by atoms with E-state index < -0.39 is 17.3 Å². The monoisotopic (exact) mass is 386 g/mol. The molecule has 1 aliphatic rings. The minimum Gasteiger partial charge on any atom is -0.872 e. The minimum atomic E-state index is -1.35. The van der Waals surface area contributed by atoms with Crippen LogP contribution in [0.2, 0.25) is 0 Å². The number of anilines is 1. The molecule has 3 rings (SSSR count). The van der Waals surface area contributed by atoms with Crippen molar-refractivity contribution in [3.8, 4) is 11.5 Å². The number of rotatable bonds is 4. The Balaban J connectivity index is 1.95. The Morgan fingerprint density at radius 1 is 1.31 bits per heavy atom. The average Bonchev–Trinajstić information content (AvgIpc) is 2.89. The molecule has 0 aromatic heterocycles. The van der Waals surface area contributed by atoms with Crippen LogP contribution in [0.3, 0.4) is 0 Å². The summed E-state index contributed by atoms with van der Waals surface area (Å²) in [4.78, 5) is 25.5. The van der Waals surface area contributed by atoms with E-state index in [4.69, 9.17) is 22.1 Å². The maximum Gasteiger partial charge on any atom is 0.335 e. The van der Waals surface area contributed by atoms with Crippen molar-refractivity contribution < 1.29 is 24.5 Å². The number of thiocarbonyl (C=S) groups is 1. The second kappa shape index (κ2) is 7.19. The molecule has 0 spiro atoms. The van der Waals surface area contributed by atoms with E-state index in [1.54, 1.807) is 31.4 Å². The summed E-state index contributed by atoms with van der Waals surface area (Å²) in [6, 6.07) is 10.9. The number of amides is 1. The molecule has 0 radical (unpaired) electrons. The predicted molar refractivity (Wildman–Crippen MR) is 101 cm³/mol. The molecule has 6 nitrogen and oxygen atoms in total. The molecule has 1 saturated heterocycles. The summed E-state index contributed by atoms with van der Waals surface area (Å²) in [5, 5.41) is 20.7. The molecule has 1 fully saturated rings. The third-order valence-corrected chi connectivity index (χ3v) is 4.94. The molecule has 1 N–H and O–H groups in total. The zero-order valence-electron chi connectivity index (χ0n) is 13.5. The molecule has 26 heavy (non-hydrogen) atoms. The molecule has 0 saturated carbocycles. The number of methoxy groups -OCH3 is 1. The van der Waals surface area contributed by atoms with Crippen molar-refractivity contribution in [3.05, 3.63) is 58.5 Å². The smallest absolute Gasteiger partial charge is 0.335 e.